The summed E-state index contributed by atoms with van der Waals surface area (Å²) in [6, 6.07) is -1.69. The zero-order chi connectivity index (χ0) is 12.4. The third-order valence-electron chi connectivity index (χ3n) is 2.26. The number of piperazine rings is 1. The Balaban J connectivity index is 2.29. The van der Waals surface area contributed by atoms with Crippen molar-refractivity contribution in [2.24, 2.45) is 0 Å². The van der Waals surface area contributed by atoms with E-state index in [0.717, 1.165) is 0 Å². The fourth-order valence-electron chi connectivity index (χ4n) is 1.61. The quantitative estimate of drug-likeness (QED) is 0.730. The lowest BCUT2D eigenvalue weighted by molar-refractivity contribution is -0.147. The second kappa shape index (κ2) is 4.79. The van der Waals surface area contributed by atoms with Gasteiger partial charge in [-0.3, -0.25) is 0 Å². The first kappa shape index (κ1) is 13.6. The third-order valence-corrected chi connectivity index (χ3v) is 2.26. The molecule has 0 aromatic rings. The Morgan fingerprint density at radius 1 is 0.750 bits per heavy atom. The zero-order valence-corrected chi connectivity index (χ0v) is 8.25. The fourth-order valence-corrected chi connectivity index (χ4v) is 1.61. The maximum Gasteiger partial charge on any atom is 0.390 e. The van der Waals surface area contributed by atoms with E-state index < -0.39 is 37.3 Å². The highest BCUT2D eigenvalue weighted by Gasteiger charge is 2.37. The van der Waals surface area contributed by atoms with E-state index in [1.165, 1.54) is 0 Å². The number of halogens is 6. The largest absolute Gasteiger partial charge is 0.390 e. The molecule has 0 amide bonds. The zero-order valence-electron chi connectivity index (χ0n) is 8.25. The highest BCUT2D eigenvalue weighted by atomic mass is 19.4. The third kappa shape index (κ3) is 5.55. The predicted molar refractivity (Wildman–Crippen MR) is 44.9 cm³/mol. The molecule has 1 rings (SSSR count). The van der Waals surface area contributed by atoms with Gasteiger partial charge in [-0.2, -0.15) is 26.3 Å². The number of rotatable bonds is 2. The Labute approximate surface area is 88.4 Å². The summed E-state index contributed by atoms with van der Waals surface area (Å²) in [5.41, 5.74) is 0. The maximum atomic E-state index is 12.0. The van der Waals surface area contributed by atoms with Crippen LogP contribution in [0.3, 0.4) is 0 Å². The lowest BCUT2D eigenvalue weighted by atomic mass is 10.1. The van der Waals surface area contributed by atoms with Crippen LogP contribution in [0.25, 0.3) is 0 Å². The molecule has 1 aliphatic rings. The SMILES string of the molecule is FC(F)(F)C[C@@H]1CN[C@H](CC(F)(F)F)CN1. The molecule has 1 aliphatic heterocycles. The van der Waals surface area contributed by atoms with E-state index >= 15 is 0 Å². The van der Waals surface area contributed by atoms with Gasteiger partial charge in [-0.25, -0.2) is 0 Å². The highest BCUT2D eigenvalue weighted by molar-refractivity contribution is 4.85. The van der Waals surface area contributed by atoms with Gasteiger partial charge in [0.2, 0.25) is 0 Å². The molecule has 2 atom stereocenters. The smallest absolute Gasteiger partial charge is 0.311 e. The van der Waals surface area contributed by atoms with Gasteiger partial charge < -0.3 is 10.6 Å². The van der Waals surface area contributed by atoms with Crippen LogP contribution in [-0.2, 0) is 0 Å². The van der Waals surface area contributed by atoms with Crippen LogP contribution in [-0.4, -0.2) is 37.5 Å². The van der Waals surface area contributed by atoms with Crippen molar-refractivity contribution in [1.29, 1.82) is 0 Å². The molecule has 0 unspecified atom stereocenters. The summed E-state index contributed by atoms with van der Waals surface area (Å²) in [5.74, 6) is 0. The molecule has 0 radical (unpaired) electrons. The van der Waals surface area contributed by atoms with Crippen LogP contribution in [0.4, 0.5) is 26.3 Å². The van der Waals surface area contributed by atoms with Gasteiger partial charge in [0, 0.05) is 25.2 Å². The minimum absolute atomic E-state index is 0.0970. The van der Waals surface area contributed by atoms with Crippen LogP contribution >= 0.6 is 0 Å². The van der Waals surface area contributed by atoms with Crippen LogP contribution in [0, 0.1) is 0 Å². The van der Waals surface area contributed by atoms with Crippen molar-refractivity contribution < 1.29 is 26.3 Å². The Hall–Kier alpha value is -0.500. The van der Waals surface area contributed by atoms with Crippen molar-refractivity contribution in [2.45, 2.75) is 37.3 Å². The summed E-state index contributed by atoms with van der Waals surface area (Å²) in [6.07, 6.45) is -10.6. The molecule has 2 nitrogen and oxygen atoms in total. The molecule has 8 heteroatoms. The van der Waals surface area contributed by atoms with Gasteiger partial charge in [0.25, 0.3) is 0 Å². The molecular formula is C8H12F6N2. The average Bonchev–Trinajstić information content (AvgIpc) is 2.03. The Bertz CT molecular complexity index is 192. The van der Waals surface area contributed by atoms with Crippen molar-refractivity contribution in [1.82, 2.24) is 10.6 Å². The Morgan fingerprint density at radius 3 is 1.25 bits per heavy atom. The molecule has 1 fully saturated rings. The van der Waals surface area contributed by atoms with Crippen LogP contribution < -0.4 is 10.6 Å². The summed E-state index contributed by atoms with van der Waals surface area (Å²) in [7, 11) is 0. The maximum absolute atomic E-state index is 12.0. The molecule has 96 valence electrons. The number of hydrogen-bond donors (Lipinski definition) is 2. The molecule has 0 aromatic carbocycles. The minimum atomic E-state index is -4.30. The molecule has 0 bridgehead atoms. The second-order valence-electron chi connectivity index (χ2n) is 3.85. The van der Waals surface area contributed by atoms with Gasteiger partial charge >= 0.3 is 12.4 Å². The average molecular weight is 250 g/mol. The molecule has 1 heterocycles. The summed E-state index contributed by atoms with van der Waals surface area (Å²) < 4.78 is 71.8. The van der Waals surface area contributed by atoms with Gasteiger partial charge in [0.05, 0.1) is 12.8 Å². The topological polar surface area (TPSA) is 24.1 Å². The monoisotopic (exact) mass is 250 g/mol. The lowest BCUT2D eigenvalue weighted by Gasteiger charge is -2.32. The molecule has 2 N–H and O–H groups in total. The molecular weight excluding hydrogens is 238 g/mol. The summed E-state index contributed by atoms with van der Waals surface area (Å²) in [6.45, 7) is -0.194. The van der Waals surface area contributed by atoms with Crippen LogP contribution in [0.15, 0.2) is 0 Å². The number of nitrogens with one attached hydrogen (secondary N) is 2. The van der Waals surface area contributed by atoms with Crippen molar-refractivity contribution in [2.75, 3.05) is 13.1 Å². The van der Waals surface area contributed by atoms with Gasteiger partial charge in [-0.1, -0.05) is 0 Å². The molecule has 0 aliphatic carbocycles. The van der Waals surface area contributed by atoms with Gasteiger partial charge in [0.15, 0.2) is 0 Å². The Kier molecular flexibility index (Phi) is 4.06. The highest BCUT2D eigenvalue weighted by Crippen LogP contribution is 2.24. The van der Waals surface area contributed by atoms with Gasteiger partial charge in [-0.05, 0) is 0 Å². The van der Waals surface area contributed by atoms with E-state index in [0.29, 0.717) is 0 Å². The molecule has 0 aromatic heterocycles. The Morgan fingerprint density at radius 2 is 1.06 bits per heavy atom. The van der Waals surface area contributed by atoms with Crippen LogP contribution in [0.5, 0.6) is 0 Å². The van der Waals surface area contributed by atoms with E-state index in [1.54, 1.807) is 0 Å². The lowest BCUT2D eigenvalue weighted by Crippen LogP contribution is -2.56. The van der Waals surface area contributed by atoms with Crippen molar-refractivity contribution in [3.63, 3.8) is 0 Å². The molecule has 16 heavy (non-hydrogen) atoms. The van der Waals surface area contributed by atoms with Crippen LogP contribution in [0.1, 0.15) is 12.8 Å². The first-order valence-corrected chi connectivity index (χ1v) is 4.76. The first-order valence-electron chi connectivity index (χ1n) is 4.76. The fraction of sp³-hybridized carbons (Fsp3) is 1.00. The molecule has 1 saturated heterocycles. The normalized spacial score (nSPS) is 28.1. The second-order valence-corrected chi connectivity index (χ2v) is 3.85. The molecule has 0 spiro atoms. The van der Waals surface area contributed by atoms with E-state index in [9.17, 15) is 26.3 Å². The summed E-state index contributed by atoms with van der Waals surface area (Å²) in [4.78, 5) is 0. The molecule has 0 saturated carbocycles. The van der Waals surface area contributed by atoms with E-state index in [2.05, 4.69) is 10.6 Å². The summed E-state index contributed by atoms with van der Waals surface area (Å²) in [5, 5.41) is 4.93. The van der Waals surface area contributed by atoms with Gasteiger partial charge in [0.1, 0.15) is 0 Å². The summed E-state index contributed by atoms with van der Waals surface area (Å²) >= 11 is 0. The van der Waals surface area contributed by atoms with Crippen molar-refractivity contribution in [3.8, 4) is 0 Å². The predicted octanol–water partition coefficient (Wildman–Crippen LogP) is 1.82. The standard InChI is InChI=1S/C8H12F6N2/c9-7(10,11)1-5-3-16-6(4-15-5)2-8(12,13)14/h5-6,15-16H,1-4H2/t5-,6-/m1/s1. The van der Waals surface area contributed by atoms with Gasteiger partial charge in [-0.15, -0.1) is 0 Å². The first-order chi connectivity index (χ1) is 7.16. The van der Waals surface area contributed by atoms with Crippen molar-refractivity contribution >= 4 is 0 Å². The minimum Gasteiger partial charge on any atom is -0.311 e. The number of hydrogen-bond acceptors (Lipinski definition) is 2. The van der Waals surface area contributed by atoms with E-state index in [-0.39, 0.29) is 13.1 Å². The number of alkyl halides is 6. The van der Waals surface area contributed by atoms with E-state index in [1.807, 2.05) is 0 Å². The van der Waals surface area contributed by atoms with Crippen molar-refractivity contribution in [3.05, 3.63) is 0 Å². The van der Waals surface area contributed by atoms with E-state index in [4.69, 9.17) is 0 Å². The van der Waals surface area contributed by atoms with Crippen LogP contribution in [0.2, 0.25) is 0 Å².